The molecule has 0 bridgehead atoms. The summed E-state index contributed by atoms with van der Waals surface area (Å²) in [6.07, 6.45) is 2.05. The van der Waals surface area contributed by atoms with Gasteiger partial charge in [-0.2, -0.15) is 0 Å². The van der Waals surface area contributed by atoms with Crippen molar-refractivity contribution in [2.45, 2.75) is 13.3 Å². The fourth-order valence-corrected chi connectivity index (χ4v) is 3.30. The van der Waals surface area contributed by atoms with Crippen molar-refractivity contribution in [1.29, 1.82) is 0 Å². The van der Waals surface area contributed by atoms with Crippen molar-refractivity contribution in [3.8, 4) is 5.75 Å². The molecule has 1 fully saturated rings. The van der Waals surface area contributed by atoms with E-state index in [0.717, 1.165) is 22.2 Å². The van der Waals surface area contributed by atoms with Crippen LogP contribution in [0.1, 0.15) is 12.5 Å². The van der Waals surface area contributed by atoms with E-state index in [1.807, 2.05) is 31.3 Å². The number of fused-ring (bicyclic) bond motifs is 1. The van der Waals surface area contributed by atoms with Gasteiger partial charge in [0.1, 0.15) is 5.75 Å². The van der Waals surface area contributed by atoms with Crippen molar-refractivity contribution < 1.29 is 19.4 Å². The van der Waals surface area contributed by atoms with Gasteiger partial charge in [0.05, 0.1) is 19.4 Å². The van der Waals surface area contributed by atoms with Crippen LogP contribution in [0, 0.1) is 11.8 Å². The van der Waals surface area contributed by atoms with E-state index in [4.69, 9.17) is 4.74 Å². The number of nitrogens with zero attached hydrogens (tertiary/aromatic N) is 1. The summed E-state index contributed by atoms with van der Waals surface area (Å²) in [6, 6.07) is 5.69. The second-order valence-corrected chi connectivity index (χ2v) is 6.09. The molecule has 0 saturated carbocycles. The number of carbonyl (C=O) groups is 2. The van der Waals surface area contributed by atoms with Gasteiger partial charge in [-0.1, -0.05) is 13.0 Å². The zero-order valence-corrected chi connectivity index (χ0v) is 13.2. The van der Waals surface area contributed by atoms with Crippen LogP contribution in [0.15, 0.2) is 24.4 Å². The molecule has 2 atom stereocenters. The highest BCUT2D eigenvalue weighted by Crippen LogP contribution is 2.30. The van der Waals surface area contributed by atoms with Crippen LogP contribution in [0.2, 0.25) is 0 Å². The molecule has 0 spiro atoms. The van der Waals surface area contributed by atoms with Crippen LogP contribution in [0.25, 0.3) is 10.9 Å². The van der Waals surface area contributed by atoms with Gasteiger partial charge in [0.25, 0.3) is 0 Å². The molecular weight excluding hydrogens is 296 g/mol. The van der Waals surface area contributed by atoms with Crippen LogP contribution in [-0.2, 0) is 16.0 Å². The first kappa shape index (κ1) is 15.4. The zero-order valence-electron chi connectivity index (χ0n) is 13.2. The number of aromatic nitrogens is 1. The van der Waals surface area contributed by atoms with Gasteiger partial charge in [0.2, 0.25) is 5.91 Å². The van der Waals surface area contributed by atoms with Crippen LogP contribution in [0.5, 0.6) is 5.75 Å². The first-order chi connectivity index (χ1) is 11.0. The average Bonchev–Trinajstić information content (AvgIpc) is 3.11. The Kier molecular flexibility index (Phi) is 3.98. The lowest BCUT2D eigenvalue weighted by Gasteiger charge is -2.15. The molecular formula is C17H20N2O4. The second-order valence-electron chi connectivity index (χ2n) is 6.09. The summed E-state index contributed by atoms with van der Waals surface area (Å²) >= 11 is 0. The molecule has 0 aliphatic carbocycles. The van der Waals surface area contributed by atoms with Crippen molar-refractivity contribution in [3.63, 3.8) is 0 Å². The fraction of sp³-hybridized carbons (Fsp3) is 0.412. The lowest BCUT2D eigenvalue weighted by molar-refractivity contribution is -0.142. The Labute approximate surface area is 134 Å². The first-order valence-corrected chi connectivity index (χ1v) is 7.64. The third kappa shape index (κ3) is 2.76. The molecule has 2 heterocycles. The van der Waals surface area contributed by atoms with E-state index in [2.05, 4.69) is 4.98 Å². The molecule has 1 aromatic heterocycles. The molecule has 6 heteroatoms. The van der Waals surface area contributed by atoms with Gasteiger partial charge in [0, 0.05) is 30.2 Å². The molecule has 122 valence electrons. The number of hydrogen-bond acceptors (Lipinski definition) is 3. The van der Waals surface area contributed by atoms with Crippen LogP contribution < -0.4 is 4.74 Å². The van der Waals surface area contributed by atoms with Crippen LogP contribution >= 0.6 is 0 Å². The standard InChI is InChI=1S/C17H20N2O4/c1-10-8-19(9-12(10)17(21)22)15(20)6-11-7-18-13-4-3-5-14(23-2)16(11)13/h3-5,7,10,12,18H,6,8-9H2,1-2H3,(H,21,22)/t10-,12-/m1/s1. The number of hydrogen-bond donors (Lipinski definition) is 2. The molecule has 1 amide bonds. The van der Waals surface area contributed by atoms with Gasteiger partial charge < -0.3 is 19.7 Å². The van der Waals surface area contributed by atoms with E-state index in [0.29, 0.717) is 6.54 Å². The highest BCUT2D eigenvalue weighted by molar-refractivity contribution is 5.93. The number of carbonyl (C=O) groups excluding carboxylic acids is 1. The number of aromatic amines is 1. The van der Waals surface area contributed by atoms with E-state index in [1.165, 1.54) is 0 Å². The molecule has 2 aromatic rings. The van der Waals surface area contributed by atoms with Gasteiger partial charge in [-0.25, -0.2) is 0 Å². The Morgan fingerprint density at radius 3 is 2.83 bits per heavy atom. The number of rotatable bonds is 4. The smallest absolute Gasteiger partial charge is 0.308 e. The zero-order chi connectivity index (χ0) is 16.6. The maximum absolute atomic E-state index is 12.5. The Morgan fingerprint density at radius 2 is 2.17 bits per heavy atom. The first-order valence-electron chi connectivity index (χ1n) is 7.64. The number of likely N-dealkylation sites (tertiary alicyclic amines) is 1. The molecule has 23 heavy (non-hydrogen) atoms. The minimum Gasteiger partial charge on any atom is -0.496 e. The molecule has 6 nitrogen and oxygen atoms in total. The monoisotopic (exact) mass is 316 g/mol. The Hall–Kier alpha value is -2.50. The molecule has 1 aliphatic rings. The van der Waals surface area contributed by atoms with Crippen molar-refractivity contribution in [2.24, 2.45) is 11.8 Å². The van der Waals surface area contributed by atoms with E-state index in [1.54, 1.807) is 12.0 Å². The SMILES string of the molecule is COc1cccc2[nH]cc(CC(=O)N3C[C@@H](C)[C@H](C(=O)O)C3)c12. The number of ether oxygens (including phenoxy) is 1. The maximum Gasteiger partial charge on any atom is 0.308 e. The van der Waals surface area contributed by atoms with Gasteiger partial charge >= 0.3 is 5.97 Å². The Bertz CT molecular complexity index is 752. The summed E-state index contributed by atoms with van der Waals surface area (Å²) in [4.78, 5) is 28.5. The lowest BCUT2D eigenvalue weighted by Crippen LogP contribution is -2.31. The van der Waals surface area contributed by atoms with Gasteiger partial charge in [-0.3, -0.25) is 9.59 Å². The van der Waals surface area contributed by atoms with Crippen LogP contribution in [0.4, 0.5) is 0 Å². The van der Waals surface area contributed by atoms with Crippen molar-refractivity contribution in [1.82, 2.24) is 9.88 Å². The summed E-state index contributed by atoms with van der Waals surface area (Å²) in [5, 5.41) is 10.1. The van der Waals surface area contributed by atoms with Gasteiger partial charge in [-0.15, -0.1) is 0 Å². The van der Waals surface area contributed by atoms with Crippen molar-refractivity contribution in [3.05, 3.63) is 30.0 Å². The van der Waals surface area contributed by atoms with Gasteiger partial charge in [-0.05, 0) is 23.6 Å². The molecule has 1 aliphatic heterocycles. The molecule has 1 aromatic carbocycles. The van der Waals surface area contributed by atoms with Gasteiger partial charge in [0.15, 0.2) is 0 Å². The normalized spacial score (nSPS) is 20.9. The number of methoxy groups -OCH3 is 1. The topological polar surface area (TPSA) is 82.6 Å². The highest BCUT2D eigenvalue weighted by Gasteiger charge is 2.36. The largest absolute Gasteiger partial charge is 0.496 e. The number of amides is 1. The minimum atomic E-state index is -0.832. The molecule has 3 rings (SSSR count). The Balaban J connectivity index is 1.80. The summed E-state index contributed by atoms with van der Waals surface area (Å²) < 4.78 is 5.38. The minimum absolute atomic E-state index is 0.0195. The summed E-state index contributed by atoms with van der Waals surface area (Å²) in [5.41, 5.74) is 1.79. The molecule has 2 N–H and O–H groups in total. The van der Waals surface area contributed by atoms with E-state index >= 15 is 0 Å². The summed E-state index contributed by atoms with van der Waals surface area (Å²) in [5.74, 6) is -0.649. The maximum atomic E-state index is 12.5. The summed E-state index contributed by atoms with van der Waals surface area (Å²) in [6.45, 7) is 2.66. The number of H-pyrrole nitrogens is 1. The second kappa shape index (κ2) is 5.95. The third-order valence-corrected chi connectivity index (χ3v) is 4.59. The average molecular weight is 316 g/mol. The van der Waals surface area contributed by atoms with Crippen molar-refractivity contribution in [2.75, 3.05) is 20.2 Å². The third-order valence-electron chi connectivity index (χ3n) is 4.59. The van der Waals surface area contributed by atoms with E-state index in [9.17, 15) is 14.7 Å². The van der Waals surface area contributed by atoms with Crippen LogP contribution in [-0.4, -0.2) is 47.1 Å². The Morgan fingerprint density at radius 1 is 1.39 bits per heavy atom. The predicted molar refractivity (Wildman–Crippen MR) is 85.4 cm³/mol. The number of aliphatic carboxylic acids is 1. The molecule has 0 unspecified atom stereocenters. The number of nitrogens with one attached hydrogen (secondary N) is 1. The van der Waals surface area contributed by atoms with Crippen LogP contribution in [0.3, 0.4) is 0 Å². The number of carboxylic acids is 1. The van der Waals surface area contributed by atoms with E-state index in [-0.39, 0.29) is 24.8 Å². The number of benzene rings is 1. The molecule has 1 saturated heterocycles. The van der Waals surface area contributed by atoms with E-state index < -0.39 is 11.9 Å². The predicted octanol–water partition coefficient (Wildman–Crippen LogP) is 1.90. The highest BCUT2D eigenvalue weighted by atomic mass is 16.5. The molecule has 0 radical (unpaired) electrons. The lowest BCUT2D eigenvalue weighted by atomic mass is 9.99. The summed E-state index contributed by atoms with van der Waals surface area (Å²) in [7, 11) is 1.60. The number of carboxylic acid groups (broad SMARTS) is 1. The fourth-order valence-electron chi connectivity index (χ4n) is 3.30. The quantitative estimate of drug-likeness (QED) is 0.902. The van der Waals surface area contributed by atoms with Crippen molar-refractivity contribution >= 4 is 22.8 Å².